The van der Waals surface area contributed by atoms with Gasteiger partial charge in [-0.1, -0.05) is 23.2 Å². The number of rotatable bonds is 2. The predicted molar refractivity (Wildman–Crippen MR) is 74.1 cm³/mol. The lowest BCUT2D eigenvalue weighted by Gasteiger charge is -2.09. The van der Waals surface area contributed by atoms with Crippen molar-refractivity contribution < 1.29 is 0 Å². The van der Waals surface area contributed by atoms with E-state index in [1.165, 1.54) is 0 Å². The van der Waals surface area contributed by atoms with Gasteiger partial charge in [-0.15, -0.1) is 0 Å². The summed E-state index contributed by atoms with van der Waals surface area (Å²) in [6.07, 6.45) is 0. The maximum Gasteiger partial charge on any atom is 0.237 e. The molecule has 0 fully saturated rings. The van der Waals surface area contributed by atoms with Crippen molar-refractivity contribution in [3.05, 3.63) is 25.1 Å². The van der Waals surface area contributed by atoms with Crippen LogP contribution in [-0.4, -0.2) is 5.71 Å². The van der Waals surface area contributed by atoms with Gasteiger partial charge in [0.2, 0.25) is 5.71 Å². The van der Waals surface area contributed by atoms with E-state index in [0.29, 0.717) is 19.7 Å². The van der Waals surface area contributed by atoms with E-state index in [-0.39, 0.29) is 10.7 Å². The van der Waals surface area contributed by atoms with Gasteiger partial charge in [-0.25, -0.2) is 0 Å². The van der Waals surface area contributed by atoms with Crippen molar-refractivity contribution in [1.29, 1.82) is 10.5 Å². The zero-order valence-corrected chi connectivity index (χ0v) is 12.6. The number of anilines is 1. The quantitative estimate of drug-likeness (QED) is 0.350. The van der Waals surface area contributed by atoms with Gasteiger partial charge < -0.3 is 0 Å². The topological polar surface area (TPSA) is 72.0 Å². The van der Waals surface area contributed by atoms with Crippen LogP contribution in [0.5, 0.6) is 0 Å². The molecule has 0 heterocycles. The Bertz CT molecular complexity index is 556. The van der Waals surface area contributed by atoms with Crippen LogP contribution in [0, 0.1) is 22.7 Å². The second-order valence-electron chi connectivity index (χ2n) is 2.64. The Labute approximate surface area is 124 Å². The average molecular weight is 397 g/mol. The van der Waals surface area contributed by atoms with E-state index in [2.05, 4.69) is 42.4 Å². The normalized spacial score (nSPS) is 9.06. The summed E-state index contributed by atoms with van der Waals surface area (Å²) in [5, 5.41) is 21.2. The molecule has 1 aromatic carbocycles. The molecule has 1 aromatic rings. The van der Waals surface area contributed by atoms with E-state index in [9.17, 15) is 0 Å². The summed E-state index contributed by atoms with van der Waals surface area (Å²) in [5.41, 5.74) is 2.57. The number of hydrogen-bond acceptors (Lipinski definition) is 4. The molecular formula is C9H2Br2Cl2N4. The van der Waals surface area contributed by atoms with E-state index >= 15 is 0 Å². The molecule has 0 aliphatic carbocycles. The second-order valence-corrected chi connectivity index (χ2v) is 5.10. The summed E-state index contributed by atoms with van der Waals surface area (Å²) < 4.78 is 1.21. The molecule has 0 bridgehead atoms. The third kappa shape index (κ3) is 3.34. The molecule has 0 unspecified atom stereocenters. The monoisotopic (exact) mass is 394 g/mol. The van der Waals surface area contributed by atoms with Gasteiger partial charge in [0.05, 0.1) is 15.7 Å². The standard InChI is InChI=1S/C9H2Br2Cl2N4/c10-5-1-6(11)9(8(13)7(5)12)17-16-4(2-14)3-15/h1,17H. The van der Waals surface area contributed by atoms with Crippen molar-refractivity contribution in [2.24, 2.45) is 5.10 Å². The van der Waals surface area contributed by atoms with Crippen LogP contribution in [0.4, 0.5) is 5.69 Å². The summed E-state index contributed by atoms with van der Waals surface area (Å²) in [6.45, 7) is 0. The lowest BCUT2D eigenvalue weighted by atomic mass is 10.3. The average Bonchev–Trinajstić information content (AvgIpc) is 2.31. The molecule has 8 heteroatoms. The minimum absolute atomic E-state index is 0.229. The molecule has 0 saturated carbocycles. The number of nitrogens with one attached hydrogen (secondary N) is 1. The summed E-state index contributed by atoms with van der Waals surface area (Å²) in [6, 6.07) is 4.90. The fourth-order valence-corrected chi connectivity index (χ4v) is 2.73. The van der Waals surface area contributed by atoms with Crippen LogP contribution in [0.3, 0.4) is 0 Å². The fourth-order valence-electron chi connectivity index (χ4n) is 0.856. The van der Waals surface area contributed by atoms with Crippen LogP contribution >= 0.6 is 55.1 Å². The lowest BCUT2D eigenvalue weighted by molar-refractivity contribution is 1.32. The minimum atomic E-state index is -0.313. The van der Waals surface area contributed by atoms with Gasteiger partial charge in [-0.05, 0) is 37.9 Å². The number of nitriles is 2. The SMILES string of the molecule is N#CC(C#N)=NNc1c(Br)cc(Br)c(Cl)c1Cl. The van der Waals surface area contributed by atoms with Gasteiger partial charge in [0, 0.05) is 8.95 Å². The Balaban J connectivity index is 3.18. The first-order valence-electron chi connectivity index (χ1n) is 3.98. The van der Waals surface area contributed by atoms with E-state index < -0.39 is 0 Å². The Kier molecular flexibility index (Phi) is 5.23. The third-order valence-electron chi connectivity index (χ3n) is 1.61. The van der Waals surface area contributed by atoms with Crippen LogP contribution in [0.2, 0.25) is 10.0 Å². The van der Waals surface area contributed by atoms with Crippen LogP contribution in [0.1, 0.15) is 0 Å². The summed E-state index contributed by atoms with van der Waals surface area (Å²) >= 11 is 18.4. The highest BCUT2D eigenvalue weighted by atomic mass is 79.9. The first-order valence-corrected chi connectivity index (χ1v) is 6.32. The molecule has 0 amide bonds. The zero-order chi connectivity index (χ0) is 13.0. The van der Waals surface area contributed by atoms with Gasteiger partial charge in [0.25, 0.3) is 0 Å². The molecule has 0 saturated heterocycles. The first-order chi connectivity index (χ1) is 8.01. The fraction of sp³-hybridized carbons (Fsp3) is 0. The van der Waals surface area contributed by atoms with Gasteiger partial charge in [-0.2, -0.15) is 15.6 Å². The second kappa shape index (κ2) is 6.23. The maximum absolute atomic E-state index is 8.52. The Hall–Kier alpha value is -0.790. The van der Waals surface area contributed by atoms with Crippen molar-refractivity contribution in [1.82, 2.24) is 0 Å². The molecule has 0 aliphatic heterocycles. The summed E-state index contributed by atoms with van der Waals surface area (Å²) in [7, 11) is 0. The molecule has 17 heavy (non-hydrogen) atoms. The van der Waals surface area contributed by atoms with Crippen LogP contribution in [0.15, 0.2) is 20.1 Å². The largest absolute Gasteiger partial charge is 0.274 e. The number of halogens is 4. The first kappa shape index (κ1) is 14.3. The minimum Gasteiger partial charge on any atom is -0.274 e. The molecule has 1 N–H and O–H groups in total. The number of benzene rings is 1. The van der Waals surface area contributed by atoms with E-state index in [4.69, 9.17) is 33.7 Å². The lowest BCUT2D eigenvalue weighted by Crippen LogP contribution is -1.98. The maximum atomic E-state index is 8.52. The molecule has 0 spiro atoms. The molecule has 0 aliphatic rings. The Morgan fingerprint density at radius 2 is 1.76 bits per heavy atom. The highest BCUT2D eigenvalue weighted by Crippen LogP contribution is 2.41. The molecule has 4 nitrogen and oxygen atoms in total. The van der Waals surface area contributed by atoms with E-state index in [1.54, 1.807) is 18.2 Å². The van der Waals surface area contributed by atoms with Crippen molar-refractivity contribution in [3.8, 4) is 12.1 Å². The third-order valence-corrected chi connectivity index (χ3v) is 3.95. The molecule has 0 aromatic heterocycles. The van der Waals surface area contributed by atoms with E-state index in [0.717, 1.165) is 0 Å². The summed E-state index contributed by atoms with van der Waals surface area (Å²) in [4.78, 5) is 0. The van der Waals surface area contributed by atoms with Crippen LogP contribution in [0.25, 0.3) is 0 Å². The molecule has 1 rings (SSSR count). The van der Waals surface area contributed by atoms with Crippen molar-refractivity contribution in [3.63, 3.8) is 0 Å². The van der Waals surface area contributed by atoms with Crippen molar-refractivity contribution in [2.75, 3.05) is 5.43 Å². The van der Waals surface area contributed by atoms with Gasteiger partial charge >= 0.3 is 0 Å². The van der Waals surface area contributed by atoms with E-state index in [1.807, 2.05) is 0 Å². The highest BCUT2D eigenvalue weighted by molar-refractivity contribution is 9.11. The number of hydrogen-bond donors (Lipinski definition) is 1. The van der Waals surface area contributed by atoms with Crippen molar-refractivity contribution >= 4 is 66.5 Å². The highest BCUT2D eigenvalue weighted by Gasteiger charge is 2.12. The summed E-state index contributed by atoms with van der Waals surface area (Å²) in [5.74, 6) is 0. The molecule has 0 atom stereocenters. The van der Waals surface area contributed by atoms with Crippen LogP contribution < -0.4 is 5.43 Å². The van der Waals surface area contributed by atoms with Gasteiger partial charge in [0.15, 0.2) is 0 Å². The zero-order valence-electron chi connectivity index (χ0n) is 7.93. The molecule has 86 valence electrons. The van der Waals surface area contributed by atoms with Crippen LogP contribution in [-0.2, 0) is 0 Å². The molecule has 0 radical (unpaired) electrons. The Morgan fingerprint density at radius 1 is 1.18 bits per heavy atom. The van der Waals surface area contributed by atoms with Crippen molar-refractivity contribution in [2.45, 2.75) is 0 Å². The molecular weight excluding hydrogens is 395 g/mol. The number of nitrogens with zero attached hydrogens (tertiary/aromatic N) is 3. The number of hydrazone groups is 1. The smallest absolute Gasteiger partial charge is 0.237 e. The predicted octanol–water partition coefficient (Wildman–Crippen LogP) is 4.33. The van der Waals surface area contributed by atoms with Gasteiger partial charge in [-0.3, -0.25) is 5.43 Å². The Morgan fingerprint density at radius 3 is 2.29 bits per heavy atom. The van der Waals surface area contributed by atoms with Gasteiger partial charge in [0.1, 0.15) is 12.1 Å².